The van der Waals surface area contributed by atoms with Crippen LogP contribution < -0.4 is 14.8 Å². The van der Waals surface area contributed by atoms with Gasteiger partial charge in [-0.25, -0.2) is 0 Å². The van der Waals surface area contributed by atoms with E-state index in [9.17, 15) is 10.2 Å². The quantitative estimate of drug-likeness (QED) is 0.279. The number of rotatable bonds is 7. The molecule has 3 aromatic carbocycles. The van der Waals surface area contributed by atoms with Gasteiger partial charge in [-0.3, -0.25) is 0 Å². The largest absolute Gasteiger partial charge is 0.496 e. The van der Waals surface area contributed by atoms with Gasteiger partial charge in [-0.05, 0) is 125 Å². The van der Waals surface area contributed by atoms with Crippen molar-refractivity contribution in [3.63, 3.8) is 0 Å². The molecule has 0 saturated heterocycles. The zero-order valence-corrected chi connectivity index (χ0v) is 25.4. The lowest BCUT2D eigenvalue weighted by molar-refractivity contribution is 0.259. The molecule has 0 fully saturated rings. The van der Waals surface area contributed by atoms with E-state index < -0.39 is 0 Å². The monoisotopic (exact) mass is 593 g/mol. The van der Waals surface area contributed by atoms with E-state index in [0.29, 0.717) is 0 Å². The molecule has 0 aliphatic carbocycles. The number of hydrogen-bond donors (Lipinski definition) is 3. The lowest BCUT2D eigenvalue weighted by Crippen LogP contribution is -2.29. The molecule has 1 atom stereocenters. The smallest absolute Gasteiger partial charge is 0.122 e. The molecule has 4 rings (SSSR count). The summed E-state index contributed by atoms with van der Waals surface area (Å²) in [6.07, 6.45) is 7.28. The van der Waals surface area contributed by atoms with E-state index >= 15 is 0 Å². The van der Waals surface area contributed by atoms with Crippen LogP contribution in [-0.4, -0.2) is 31.0 Å². The molecule has 0 bridgehead atoms. The average Bonchev–Trinajstić information content (AvgIpc) is 2.94. The maximum Gasteiger partial charge on any atom is 0.122 e. The molecule has 3 aromatic rings. The van der Waals surface area contributed by atoms with Crippen molar-refractivity contribution in [2.45, 2.75) is 53.4 Å². The second kappa shape index (κ2) is 14.5. The summed E-state index contributed by atoms with van der Waals surface area (Å²) < 4.78 is 10.6. The maximum atomic E-state index is 9.60. The summed E-state index contributed by atoms with van der Waals surface area (Å²) >= 11 is 3.27. The molecular formula is C33H40BrNO4. The molecule has 1 heterocycles. The highest BCUT2D eigenvalue weighted by atomic mass is 79.9. The van der Waals surface area contributed by atoms with Crippen LogP contribution in [0.5, 0.6) is 11.5 Å². The first kappa shape index (κ1) is 30.6. The van der Waals surface area contributed by atoms with Crippen molar-refractivity contribution in [1.82, 2.24) is 5.32 Å². The van der Waals surface area contributed by atoms with Crippen molar-refractivity contribution in [3.8, 4) is 11.5 Å². The molecule has 5 nitrogen and oxygen atoms in total. The lowest BCUT2D eigenvalue weighted by atomic mass is 9.89. The Kier molecular flexibility index (Phi) is 11.4. The predicted octanol–water partition coefficient (Wildman–Crippen LogP) is 6.87. The van der Waals surface area contributed by atoms with E-state index in [2.05, 4.69) is 71.5 Å². The van der Waals surface area contributed by atoms with Crippen molar-refractivity contribution >= 4 is 28.1 Å². The van der Waals surface area contributed by atoms with E-state index in [4.69, 9.17) is 9.47 Å². The molecule has 39 heavy (non-hydrogen) atoms. The fourth-order valence-electron chi connectivity index (χ4n) is 4.89. The predicted molar refractivity (Wildman–Crippen MR) is 165 cm³/mol. The van der Waals surface area contributed by atoms with Crippen LogP contribution in [0.25, 0.3) is 12.2 Å². The van der Waals surface area contributed by atoms with Crippen molar-refractivity contribution in [2.24, 2.45) is 0 Å². The highest BCUT2D eigenvalue weighted by Gasteiger charge is 2.19. The summed E-state index contributed by atoms with van der Waals surface area (Å²) in [5.41, 5.74) is 11.1. The highest BCUT2D eigenvalue weighted by Crippen LogP contribution is 2.30. The number of aliphatic hydroxyl groups excluding tert-OH is 2. The Morgan fingerprint density at radius 3 is 1.85 bits per heavy atom. The third kappa shape index (κ3) is 7.61. The summed E-state index contributed by atoms with van der Waals surface area (Å²) in [4.78, 5) is 1.86. The SMILES string of the molecule is COc1cc(C)c(/C=C/Br)cc1C.COc1cc(C)c(/C=C/C2NCCc3cc(CO)c(CO)cc32)cc1C. The van der Waals surface area contributed by atoms with Crippen LogP contribution in [-0.2, 0) is 19.6 Å². The summed E-state index contributed by atoms with van der Waals surface area (Å²) in [6, 6.07) is 12.5. The number of aliphatic hydroxyl groups is 2. The summed E-state index contributed by atoms with van der Waals surface area (Å²) in [6.45, 7) is 9.05. The molecule has 0 spiro atoms. The van der Waals surface area contributed by atoms with Gasteiger partial charge in [-0.15, -0.1) is 0 Å². The molecule has 0 amide bonds. The van der Waals surface area contributed by atoms with E-state index in [1.165, 1.54) is 33.4 Å². The molecule has 1 unspecified atom stereocenters. The van der Waals surface area contributed by atoms with Gasteiger partial charge in [0.1, 0.15) is 11.5 Å². The molecule has 0 aromatic heterocycles. The fraction of sp³-hybridized carbons (Fsp3) is 0.333. The molecule has 3 N–H and O–H groups in total. The Bertz CT molecular complexity index is 1350. The molecule has 0 saturated carbocycles. The van der Waals surface area contributed by atoms with Crippen LogP contribution in [0.4, 0.5) is 0 Å². The maximum absolute atomic E-state index is 9.60. The van der Waals surface area contributed by atoms with Gasteiger partial charge in [0.2, 0.25) is 0 Å². The number of hydrogen-bond acceptors (Lipinski definition) is 5. The van der Waals surface area contributed by atoms with Crippen molar-refractivity contribution in [3.05, 3.63) is 103 Å². The van der Waals surface area contributed by atoms with Crippen LogP contribution in [0, 0.1) is 27.7 Å². The number of ether oxygens (including phenoxy) is 2. The summed E-state index contributed by atoms with van der Waals surface area (Å²) in [5, 5.41) is 22.7. The Hall–Kier alpha value is -2.90. The minimum atomic E-state index is -0.0591. The third-order valence-electron chi connectivity index (χ3n) is 7.17. The Morgan fingerprint density at radius 1 is 0.795 bits per heavy atom. The number of methoxy groups -OCH3 is 2. The van der Waals surface area contributed by atoms with E-state index in [0.717, 1.165) is 46.7 Å². The van der Waals surface area contributed by atoms with Gasteiger partial charge >= 0.3 is 0 Å². The van der Waals surface area contributed by atoms with Gasteiger partial charge in [0, 0.05) is 6.54 Å². The Labute approximate surface area is 241 Å². The fourth-order valence-corrected chi connectivity index (χ4v) is 5.18. The molecule has 0 radical (unpaired) electrons. The topological polar surface area (TPSA) is 71.0 Å². The summed E-state index contributed by atoms with van der Waals surface area (Å²) in [5.74, 6) is 1.86. The van der Waals surface area contributed by atoms with E-state index in [-0.39, 0.29) is 19.3 Å². The Balaban J connectivity index is 0.000000272. The first-order chi connectivity index (χ1) is 18.8. The number of fused-ring (bicyclic) bond motifs is 1. The van der Waals surface area contributed by atoms with Gasteiger partial charge in [0.05, 0.1) is 33.5 Å². The number of benzene rings is 3. The van der Waals surface area contributed by atoms with Crippen molar-refractivity contribution < 1.29 is 19.7 Å². The van der Waals surface area contributed by atoms with Crippen LogP contribution >= 0.6 is 15.9 Å². The van der Waals surface area contributed by atoms with Gasteiger partial charge < -0.3 is 25.0 Å². The summed E-state index contributed by atoms with van der Waals surface area (Å²) in [7, 11) is 3.39. The van der Waals surface area contributed by atoms with Crippen LogP contribution in [0.1, 0.15) is 61.7 Å². The standard InChI is InChI=1S/C22H27NO3.C11H13BrO/c1-14-9-22(26-3)15(2)8-16(14)4-5-21-20-11-19(13-25)18(12-24)10-17(20)6-7-23-21;1-8-7-11(13-3)9(2)6-10(8)4-5-12/h4-5,8-11,21,23-25H,6-7,12-13H2,1-3H3;4-7H,1-3H3/b2*5-4+. The van der Waals surface area contributed by atoms with Gasteiger partial charge in [0.15, 0.2) is 0 Å². The minimum Gasteiger partial charge on any atom is -0.496 e. The van der Waals surface area contributed by atoms with Crippen molar-refractivity contribution in [1.29, 1.82) is 0 Å². The van der Waals surface area contributed by atoms with E-state index in [1.807, 2.05) is 37.0 Å². The van der Waals surface area contributed by atoms with Crippen LogP contribution in [0.15, 0.2) is 47.5 Å². The van der Waals surface area contributed by atoms with Gasteiger partial charge in [-0.1, -0.05) is 40.2 Å². The van der Waals surface area contributed by atoms with E-state index in [1.54, 1.807) is 14.2 Å². The van der Waals surface area contributed by atoms with Crippen LogP contribution in [0.2, 0.25) is 0 Å². The average molecular weight is 595 g/mol. The lowest BCUT2D eigenvalue weighted by Gasteiger charge is -2.26. The first-order valence-electron chi connectivity index (χ1n) is 13.1. The van der Waals surface area contributed by atoms with Gasteiger partial charge in [0.25, 0.3) is 0 Å². The molecule has 1 aliphatic rings. The molecule has 6 heteroatoms. The normalized spacial score (nSPS) is 14.7. The van der Waals surface area contributed by atoms with Crippen molar-refractivity contribution in [2.75, 3.05) is 20.8 Å². The third-order valence-corrected chi connectivity index (χ3v) is 7.44. The molecular weight excluding hydrogens is 554 g/mol. The number of aryl methyl sites for hydroxylation is 4. The Morgan fingerprint density at radius 2 is 1.33 bits per heavy atom. The first-order valence-corrected chi connectivity index (χ1v) is 14.0. The molecule has 208 valence electrons. The highest BCUT2D eigenvalue weighted by molar-refractivity contribution is 9.11. The van der Waals surface area contributed by atoms with Crippen LogP contribution in [0.3, 0.4) is 0 Å². The zero-order chi connectivity index (χ0) is 28.5. The minimum absolute atomic E-state index is 0.0403. The number of halogens is 1. The number of nitrogens with one attached hydrogen (secondary N) is 1. The molecule has 1 aliphatic heterocycles. The second-order valence-corrected chi connectivity index (χ2v) is 10.4. The van der Waals surface area contributed by atoms with Gasteiger partial charge in [-0.2, -0.15) is 0 Å². The second-order valence-electron chi connectivity index (χ2n) is 9.83. The zero-order valence-electron chi connectivity index (χ0n) is 23.8.